The minimum Gasteiger partial charge on any atom is -0.305 e. The standard InChI is InChI=1S/C22H18N.C20H16N.Ir/c1-15(2)17-11-12-23-22(14-17)19-9-10-21-18(13-19)8-7-16-5-3-4-6-20(16)21;1-20(2)17-11-7-6-10-15(17)16-13-21-19(12-18(16)20)14-8-4-3-5-9-14;/h3-8,10-15H,1-2H3;3-8,10-13H,1-2H3;/q2*-1;/i15D;;. The van der Waals surface area contributed by atoms with E-state index in [0.29, 0.717) is 0 Å². The van der Waals surface area contributed by atoms with Gasteiger partial charge in [0.15, 0.2) is 0 Å². The summed E-state index contributed by atoms with van der Waals surface area (Å²) in [6.45, 7) is 8.36. The van der Waals surface area contributed by atoms with Crippen molar-refractivity contribution in [2.75, 3.05) is 0 Å². The summed E-state index contributed by atoms with van der Waals surface area (Å²) in [4.78, 5) is 9.13. The second-order valence-electron chi connectivity index (χ2n) is 12.1. The number of hydrogen-bond donors (Lipinski definition) is 0. The molecule has 8 rings (SSSR count). The topological polar surface area (TPSA) is 25.8 Å². The van der Waals surface area contributed by atoms with Crippen LogP contribution in [-0.4, -0.2) is 9.97 Å². The minimum atomic E-state index is -0.634. The zero-order valence-corrected chi connectivity index (χ0v) is 28.2. The monoisotopic (exact) mass is 760 g/mol. The molecule has 2 aromatic heterocycles. The predicted octanol–water partition coefficient (Wildman–Crippen LogP) is 10.8. The van der Waals surface area contributed by atoms with Gasteiger partial charge in [-0.1, -0.05) is 117 Å². The van der Waals surface area contributed by atoms with Crippen molar-refractivity contribution in [3.05, 3.63) is 156 Å². The predicted molar refractivity (Wildman–Crippen MR) is 184 cm³/mol. The number of hydrogen-bond acceptors (Lipinski definition) is 2. The van der Waals surface area contributed by atoms with Gasteiger partial charge in [-0.2, -0.15) is 0 Å². The third kappa shape index (κ3) is 5.75. The first-order valence-electron chi connectivity index (χ1n) is 15.6. The zero-order chi connectivity index (χ0) is 31.2. The van der Waals surface area contributed by atoms with Crippen molar-refractivity contribution in [1.82, 2.24) is 9.97 Å². The van der Waals surface area contributed by atoms with E-state index in [4.69, 9.17) is 1.37 Å². The van der Waals surface area contributed by atoms with Crippen molar-refractivity contribution in [1.29, 1.82) is 0 Å². The molecule has 223 valence electrons. The van der Waals surface area contributed by atoms with Crippen LogP contribution < -0.4 is 0 Å². The first-order chi connectivity index (χ1) is 21.7. The van der Waals surface area contributed by atoms with E-state index in [2.05, 4.69) is 115 Å². The molecule has 0 saturated heterocycles. The molecule has 3 heteroatoms. The Morgan fingerprint density at radius 2 is 1.42 bits per heavy atom. The molecule has 5 aromatic carbocycles. The Morgan fingerprint density at radius 1 is 0.667 bits per heavy atom. The van der Waals surface area contributed by atoms with Crippen LogP contribution in [0.1, 0.15) is 51.7 Å². The summed E-state index contributed by atoms with van der Waals surface area (Å²) in [5.41, 5.74) is 10.2. The van der Waals surface area contributed by atoms with E-state index in [0.717, 1.165) is 28.1 Å². The van der Waals surface area contributed by atoms with Crippen molar-refractivity contribution in [2.45, 2.75) is 39.0 Å². The summed E-state index contributed by atoms with van der Waals surface area (Å²) in [7, 11) is 0. The van der Waals surface area contributed by atoms with Gasteiger partial charge in [-0.3, -0.25) is 0 Å². The number of fused-ring (bicyclic) bond motifs is 6. The number of pyridine rings is 2. The first kappa shape index (κ1) is 29.3. The Bertz CT molecular complexity index is 2180. The molecular formula is C42H34IrN2-2. The van der Waals surface area contributed by atoms with Crippen LogP contribution >= 0.6 is 0 Å². The number of aromatic nitrogens is 2. The second-order valence-corrected chi connectivity index (χ2v) is 12.1. The molecule has 0 aliphatic heterocycles. The Labute approximate surface area is 281 Å². The second kappa shape index (κ2) is 12.5. The van der Waals surface area contributed by atoms with Crippen molar-refractivity contribution in [3.8, 4) is 33.6 Å². The van der Waals surface area contributed by atoms with Crippen LogP contribution in [0.4, 0.5) is 0 Å². The van der Waals surface area contributed by atoms with Gasteiger partial charge in [-0.15, -0.1) is 65.0 Å². The van der Waals surface area contributed by atoms with Crippen LogP contribution in [0.2, 0.25) is 0 Å². The molecule has 0 N–H and O–H groups in total. The summed E-state index contributed by atoms with van der Waals surface area (Å²) in [6, 6.07) is 46.3. The van der Waals surface area contributed by atoms with Crippen molar-refractivity contribution in [2.24, 2.45) is 0 Å². The van der Waals surface area contributed by atoms with E-state index in [1.54, 1.807) is 6.20 Å². The van der Waals surface area contributed by atoms with Gasteiger partial charge in [0.1, 0.15) is 0 Å². The van der Waals surface area contributed by atoms with Crippen LogP contribution in [-0.2, 0) is 25.5 Å². The smallest absolute Gasteiger partial charge is 0.0346 e. The number of rotatable bonds is 3. The fourth-order valence-electron chi connectivity index (χ4n) is 6.28. The van der Waals surface area contributed by atoms with Crippen molar-refractivity contribution < 1.29 is 21.5 Å². The molecule has 1 radical (unpaired) electrons. The normalized spacial score (nSPS) is 13.2. The van der Waals surface area contributed by atoms with Gasteiger partial charge in [0, 0.05) is 44.8 Å². The summed E-state index contributed by atoms with van der Waals surface area (Å²) in [5.74, 6) is -0.634. The molecule has 0 saturated carbocycles. The molecule has 0 atom stereocenters. The molecule has 0 amide bonds. The van der Waals surface area contributed by atoms with Gasteiger partial charge in [0.2, 0.25) is 0 Å². The summed E-state index contributed by atoms with van der Waals surface area (Å²) in [5, 5.41) is 4.86. The maximum atomic E-state index is 8.22. The van der Waals surface area contributed by atoms with Gasteiger partial charge >= 0.3 is 0 Å². The Hall–Kier alpha value is -4.43. The molecule has 1 aliphatic rings. The minimum absolute atomic E-state index is 0. The van der Waals surface area contributed by atoms with Crippen LogP contribution in [0.3, 0.4) is 0 Å². The average molecular weight is 760 g/mol. The molecule has 0 fully saturated rings. The number of nitrogens with zero attached hydrogens (tertiary/aromatic N) is 2. The SMILES string of the molecule is CC1(C)c2ccccc2-c2cnc(-c3[c-]cccc3)cc21.[2H]C(C)(C)c1ccnc(-c2[c-]cc3c(ccc4ccccc43)c2)c1.[Ir]. The summed E-state index contributed by atoms with van der Waals surface area (Å²) < 4.78 is 8.22. The van der Waals surface area contributed by atoms with E-state index in [9.17, 15) is 0 Å². The van der Waals surface area contributed by atoms with Crippen molar-refractivity contribution in [3.63, 3.8) is 0 Å². The molecule has 2 nitrogen and oxygen atoms in total. The molecule has 7 aromatic rings. The quantitative estimate of drug-likeness (QED) is 0.132. The Balaban J connectivity index is 0.000000159. The maximum Gasteiger partial charge on any atom is 0.0346 e. The first-order valence-corrected chi connectivity index (χ1v) is 15.1. The third-order valence-electron chi connectivity index (χ3n) is 8.74. The van der Waals surface area contributed by atoms with Gasteiger partial charge in [-0.05, 0) is 45.4 Å². The van der Waals surface area contributed by atoms with E-state index in [1.165, 1.54) is 43.8 Å². The summed E-state index contributed by atoms with van der Waals surface area (Å²) >= 11 is 0. The molecule has 0 spiro atoms. The zero-order valence-electron chi connectivity index (χ0n) is 26.9. The van der Waals surface area contributed by atoms with Crippen LogP contribution in [0.25, 0.3) is 55.2 Å². The molecular weight excluding hydrogens is 725 g/mol. The van der Waals surface area contributed by atoms with Crippen molar-refractivity contribution >= 4 is 21.5 Å². The average Bonchev–Trinajstić information content (AvgIpc) is 3.30. The third-order valence-corrected chi connectivity index (χ3v) is 8.74. The number of benzene rings is 5. The van der Waals surface area contributed by atoms with Gasteiger partial charge in [0.05, 0.1) is 0 Å². The molecule has 0 bridgehead atoms. The summed E-state index contributed by atoms with van der Waals surface area (Å²) in [6.07, 6.45) is 3.79. The van der Waals surface area contributed by atoms with E-state index in [1.807, 2.05) is 56.4 Å². The molecule has 2 heterocycles. The van der Waals surface area contributed by atoms with Gasteiger partial charge < -0.3 is 9.97 Å². The van der Waals surface area contributed by atoms with Crippen LogP contribution in [0, 0.1) is 12.1 Å². The van der Waals surface area contributed by atoms with E-state index >= 15 is 0 Å². The molecule has 0 unspecified atom stereocenters. The Morgan fingerprint density at radius 3 is 2.24 bits per heavy atom. The maximum absolute atomic E-state index is 8.22. The van der Waals surface area contributed by atoms with Gasteiger partial charge in [-0.25, -0.2) is 0 Å². The van der Waals surface area contributed by atoms with Crippen LogP contribution in [0.15, 0.2) is 128 Å². The van der Waals surface area contributed by atoms with E-state index in [-0.39, 0.29) is 25.5 Å². The fraction of sp³-hybridized carbons (Fsp3) is 0.143. The van der Waals surface area contributed by atoms with Gasteiger partial charge in [0.25, 0.3) is 0 Å². The molecule has 1 aliphatic carbocycles. The fourth-order valence-corrected chi connectivity index (χ4v) is 6.28. The van der Waals surface area contributed by atoms with E-state index < -0.39 is 5.89 Å². The Kier molecular flexibility index (Phi) is 8.15. The molecule has 45 heavy (non-hydrogen) atoms. The largest absolute Gasteiger partial charge is 0.305 e. The van der Waals surface area contributed by atoms with Crippen LogP contribution in [0.5, 0.6) is 0 Å².